The minimum atomic E-state index is 0.202. The highest BCUT2D eigenvalue weighted by Gasteiger charge is 2.19. The summed E-state index contributed by atoms with van der Waals surface area (Å²) in [5.41, 5.74) is 5.58. The molecule has 0 spiro atoms. The van der Waals surface area contributed by atoms with Crippen LogP contribution in [0.3, 0.4) is 0 Å². The maximum Gasteiger partial charge on any atom is 0.0705 e. The standard InChI is InChI=1S/C11H24N2O2/c1-3-10-9-13(6-7-15-10)5-4-11(8-12)14-2/h10-11H,3-9,12H2,1-2H3. The van der Waals surface area contributed by atoms with Crippen molar-refractivity contribution in [2.75, 3.05) is 39.9 Å². The smallest absolute Gasteiger partial charge is 0.0705 e. The molecule has 0 bridgehead atoms. The molecule has 0 radical (unpaired) electrons. The van der Waals surface area contributed by atoms with Crippen molar-refractivity contribution in [3.8, 4) is 0 Å². The Morgan fingerprint density at radius 3 is 3.00 bits per heavy atom. The second-order valence-electron chi connectivity index (χ2n) is 4.08. The van der Waals surface area contributed by atoms with Crippen molar-refractivity contribution >= 4 is 0 Å². The monoisotopic (exact) mass is 216 g/mol. The van der Waals surface area contributed by atoms with Crippen LogP contribution in [0.25, 0.3) is 0 Å². The summed E-state index contributed by atoms with van der Waals surface area (Å²) >= 11 is 0. The predicted octanol–water partition coefficient (Wildman–Crippen LogP) is 0.461. The lowest BCUT2D eigenvalue weighted by atomic mass is 10.2. The van der Waals surface area contributed by atoms with Crippen LogP contribution in [-0.4, -0.2) is 57.0 Å². The van der Waals surface area contributed by atoms with E-state index in [0.717, 1.165) is 39.1 Å². The molecule has 1 aliphatic rings. The highest BCUT2D eigenvalue weighted by atomic mass is 16.5. The van der Waals surface area contributed by atoms with E-state index < -0.39 is 0 Å². The molecule has 15 heavy (non-hydrogen) atoms. The Balaban J connectivity index is 2.20. The van der Waals surface area contributed by atoms with Gasteiger partial charge in [-0.1, -0.05) is 6.92 Å². The fourth-order valence-corrected chi connectivity index (χ4v) is 1.89. The number of morpholine rings is 1. The van der Waals surface area contributed by atoms with E-state index in [-0.39, 0.29) is 6.10 Å². The number of methoxy groups -OCH3 is 1. The van der Waals surface area contributed by atoms with Crippen LogP contribution in [0, 0.1) is 0 Å². The van der Waals surface area contributed by atoms with Crippen LogP contribution in [0.2, 0.25) is 0 Å². The van der Waals surface area contributed by atoms with Gasteiger partial charge in [0.2, 0.25) is 0 Å². The van der Waals surface area contributed by atoms with E-state index in [1.165, 1.54) is 0 Å². The van der Waals surface area contributed by atoms with Gasteiger partial charge in [-0.05, 0) is 12.8 Å². The van der Waals surface area contributed by atoms with Crippen molar-refractivity contribution in [1.29, 1.82) is 0 Å². The molecule has 2 unspecified atom stereocenters. The van der Waals surface area contributed by atoms with Gasteiger partial charge in [0.05, 0.1) is 18.8 Å². The molecule has 1 heterocycles. The van der Waals surface area contributed by atoms with Crippen molar-refractivity contribution in [2.24, 2.45) is 5.73 Å². The summed E-state index contributed by atoms with van der Waals surface area (Å²) in [5.74, 6) is 0. The summed E-state index contributed by atoms with van der Waals surface area (Å²) in [6, 6.07) is 0. The molecule has 4 heteroatoms. The summed E-state index contributed by atoms with van der Waals surface area (Å²) in [4.78, 5) is 2.44. The Hall–Kier alpha value is -0.160. The van der Waals surface area contributed by atoms with E-state index in [9.17, 15) is 0 Å². The first-order chi connectivity index (χ1) is 7.30. The summed E-state index contributed by atoms with van der Waals surface area (Å²) in [7, 11) is 1.73. The van der Waals surface area contributed by atoms with Gasteiger partial charge in [0.25, 0.3) is 0 Å². The second kappa shape index (κ2) is 7.17. The van der Waals surface area contributed by atoms with E-state index in [0.29, 0.717) is 12.6 Å². The van der Waals surface area contributed by atoms with Crippen LogP contribution >= 0.6 is 0 Å². The third-order valence-corrected chi connectivity index (χ3v) is 3.04. The molecular weight excluding hydrogens is 192 g/mol. The van der Waals surface area contributed by atoms with Gasteiger partial charge in [0.15, 0.2) is 0 Å². The summed E-state index contributed by atoms with van der Waals surface area (Å²) in [6.45, 7) is 6.80. The van der Waals surface area contributed by atoms with Crippen molar-refractivity contribution in [3.05, 3.63) is 0 Å². The largest absolute Gasteiger partial charge is 0.380 e. The van der Waals surface area contributed by atoms with Gasteiger partial charge in [0.1, 0.15) is 0 Å². The van der Waals surface area contributed by atoms with Crippen molar-refractivity contribution in [1.82, 2.24) is 4.90 Å². The minimum Gasteiger partial charge on any atom is -0.380 e. The molecule has 0 amide bonds. The molecule has 1 rings (SSSR count). The number of nitrogens with zero attached hydrogens (tertiary/aromatic N) is 1. The number of hydrogen-bond acceptors (Lipinski definition) is 4. The van der Waals surface area contributed by atoms with Gasteiger partial charge in [-0.25, -0.2) is 0 Å². The Labute approximate surface area is 92.7 Å². The first-order valence-electron chi connectivity index (χ1n) is 5.87. The summed E-state index contributed by atoms with van der Waals surface area (Å²) in [6.07, 6.45) is 2.73. The average Bonchev–Trinajstić information content (AvgIpc) is 2.31. The highest BCUT2D eigenvalue weighted by molar-refractivity contribution is 4.71. The summed E-state index contributed by atoms with van der Waals surface area (Å²) in [5, 5.41) is 0. The molecule has 4 nitrogen and oxygen atoms in total. The van der Waals surface area contributed by atoms with Gasteiger partial charge in [-0.2, -0.15) is 0 Å². The number of hydrogen-bond donors (Lipinski definition) is 1. The van der Waals surface area contributed by atoms with E-state index in [4.69, 9.17) is 15.2 Å². The molecule has 1 aliphatic heterocycles. The molecule has 0 aliphatic carbocycles. The lowest BCUT2D eigenvalue weighted by Gasteiger charge is -2.33. The fourth-order valence-electron chi connectivity index (χ4n) is 1.89. The fraction of sp³-hybridized carbons (Fsp3) is 1.00. The first-order valence-corrected chi connectivity index (χ1v) is 5.87. The zero-order valence-corrected chi connectivity index (χ0v) is 9.95. The molecule has 1 fully saturated rings. The zero-order chi connectivity index (χ0) is 11.1. The van der Waals surface area contributed by atoms with Gasteiger partial charge < -0.3 is 15.2 Å². The van der Waals surface area contributed by atoms with Gasteiger partial charge in [-0.15, -0.1) is 0 Å². The van der Waals surface area contributed by atoms with Crippen LogP contribution in [0.4, 0.5) is 0 Å². The van der Waals surface area contributed by atoms with E-state index in [2.05, 4.69) is 11.8 Å². The van der Waals surface area contributed by atoms with E-state index in [1.807, 2.05) is 0 Å². The topological polar surface area (TPSA) is 47.7 Å². The molecule has 90 valence electrons. The second-order valence-corrected chi connectivity index (χ2v) is 4.08. The van der Waals surface area contributed by atoms with E-state index in [1.54, 1.807) is 7.11 Å². The molecule has 1 saturated heterocycles. The van der Waals surface area contributed by atoms with Crippen LogP contribution in [0.1, 0.15) is 19.8 Å². The minimum absolute atomic E-state index is 0.202. The predicted molar refractivity (Wildman–Crippen MR) is 60.9 cm³/mol. The Morgan fingerprint density at radius 1 is 1.60 bits per heavy atom. The molecule has 2 N–H and O–H groups in total. The van der Waals surface area contributed by atoms with Gasteiger partial charge >= 0.3 is 0 Å². The molecule has 0 aromatic rings. The quantitative estimate of drug-likeness (QED) is 0.701. The molecular formula is C11H24N2O2. The molecule has 0 aromatic heterocycles. The van der Waals surface area contributed by atoms with Gasteiger partial charge in [0, 0.05) is 33.3 Å². The van der Waals surface area contributed by atoms with E-state index >= 15 is 0 Å². The van der Waals surface area contributed by atoms with Crippen LogP contribution in [-0.2, 0) is 9.47 Å². The Morgan fingerprint density at radius 2 is 2.40 bits per heavy atom. The van der Waals surface area contributed by atoms with Crippen molar-refractivity contribution < 1.29 is 9.47 Å². The number of ether oxygens (including phenoxy) is 2. The molecule has 2 atom stereocenters. The molecule has 0 saturated carbocycles. The third-order valence-electron chi connectivity index (χ3n) is 3.04. The average molecular weight is 216 g/mol. The van der Waals surface area contributed by atoms with Crippen molar-refractivity contribution in [2.45, 2.75) is 32.0 Å². The number of rotatable bonds is 6. The normalized spacial score (nSPS) is 25.4. The van der Waals surface area contributed by atoms with Crippen LogP contribution in [0.15, 0.2) is 0 Å². The Bertz CT molecular complexity index is 163. The first kappa shape index (κ1) is 12.9. The SMILES string of the molecule is CCC1CN(CCC(CN)OC)CCO1. The maximum absolute atomic E-state index is 5.62. The lowest BCUT2D eigenvalue weighted by molar-refractivity contribution is -0.0340. The molecule has 0 aromatic carbocycles. The summed E-state index contributed by atoms with van der Waals surface area (Å²) < 4.78 is 10.9. The zero-order valence-electron chi connectivity index (χ0n) is 9.95. The third kappa shape index (κ3) is 4.47. The lowest BCUT2D eigenvalue weighted by Crippen LogP contribution is -2.43. The highest BCUT2D eigenvalue weighted by Crippen LogP contribution is 2.09. The number of nitrogens with two attached hydrogens (primary N) is 1. The van der Waals surface area contributed by atoms with Crippen LogP contribution in [0.5, 0.6) is 0 Å². The maximum atomic E-state index is 5.62. The van der Waals surface area contributed by atoms with Crippen molar-refractivity contribution in [3.63, 3.8) is 0 Å². The Kier molecular flexibility index (Phi) is 6.17. The van der Waals surface area contributed by atoms with Crippen LogP contribution < -0.4 is 5.73 Å². The van der Waals surface area contributed by atoms with Gasteiger partial charge in [-0.3, -0.25) is 4.90 Å².